The molecule has 0 saturated carbocycles. The first-order chi connectivity index (χ1) is 10.1. The fourth-order valence-corrected chi connectivity index (χ4v) is 2.67. The van der Waals surface area contributed by atoms with Gasteiger partial charge in [0.15, 0.2) is 5.82 Å². The van der Waals surface area contributed by atoms with Crippen LogP contribution in [0.2, 0.25) is 0 Å². The summed E-state index contributed by atoms with van der Waals surface area (Å²) < 4.78 is 20.6. The van der Waals surface area contributed by atoms with Crippen molar-refractivity contribution in [3.63, 3.8) is 0 Å². The third-order valence-electron chi connectivity index (χ3n) is 3.77. The molecule has 7 heteroatoms. The van der Waals surface area contributed by atoms with Crippen LogP contribution in [0.15, 0.2) is 18.2 Å². The zero-order chi connectivity index (χ0) is 15.0. The van der Waals surface area contributed by atoms with E-state index in [1.165, 1.54) is 6.07 Å². The van der Waals surface area contributed by atoms with Gasteiger partial charge in [0.2, 0.25) is 11.9 Å². The van der Waals surface area contributed by atoms with E-state index in [9.17, 15) is 9.18 Å². The first-order valence-corrected chi connectivity index (χ1v) is 6.88. The molecule has 1 fully saturated rings. The number of para-hydroxylation sites is 1. The molecule has 1 aromatic heterocycles. The minimum atomic E-state index is -0.533. The Balaban J connectivity index is 1.97. The average molecular weight is 292 g/mol. The molecular weight excluding hydrogens is 275 g/mol. The largest absolute Gasteiger partial charge is 0.378 e. The minimum Gasteiger partial charge on any atom is -0.378 e. The van der Waals surface area contributed by atoms with Gasteiger partial charge in [0.25, 0.3) is 0 Å². The lowest BCUT2D eigenvalue weighted by Gasteiger charge is -2.30. The van der Waals surface area contributed by atoms with Crippen LogP contribution in [0.1, 0.15) is 13.0 Å². The number of anilines is 1. The predicted octanol–water partition coefficient (Wildman–Crippen LogP) is 1.18. The van der Waals surface area contributed by atoms with Gasteiger partial charge in [-0.3, -0.25) is 9.36 Å². The Kier molecular flexibility index (Phi) is 3.50. The number of nitrogen functional groups attached to an aromatic ring is 1. The van der Waals surface area contributed by atoms with Gasteiger partial charge in [-0.05, 0) is 19.1 Å². The Morgan fingerprint density at radius 3 is 2.86 bits per heavy atom. The monoisotopic (exact) mass is 292 g/mol. The quantitative estimate of drug-likeness (QED) is 0.902. The second kappa shape index (κ2) is 5.33. The summed E-state index contributed by atoms with van der Waals surface area (Å²) in [6.07, 6.45) is 0. The van der Waals surface area contributed by atoms with Crippen LogP contribution < -0.4 is 5.73 Å². The Labute approximate surface area is 121 Å². The Morgan fingerprint density at radius 2 is 2.14 bits per heavy atom. The zero-order valence-corrected chi connectivity index (χ0v) is 11.8. The Bertz CT molecular complexity index is 679. The van der Waals surface area contributed by atoms with E-state index in [2.05, 4.69) is 4.98 Å². The number of hydrogen-bond donors (Lipinski definition) is 1. The van der Waals surface area contributed by atoms with E-state index < -0.39 is 11.9 Å². The molecule has 3 rings (SSSR count). The van der Waals surface area contributed by atoms with E-state index in [0.29, 0.717) is 31.8 Å². The van der Waals surface area contributed by atoms with Crippen molar-refractivity contribution in [3.8, 4) is 0 Å². The second-order valence-corrected chi connectivity index (χ2v) is 5.06. The fraction of sp³-hybridized carbons (Fsp3) is 0.429. The highest BCUT2D eigenvalue weighted by Crippen LogP contribution is 2.25. The third-order valence-corrected chi connectivity index (χ3v) is 3.77. The molecule has 2 aromatic rings. The maximum atomic E-state index is 13.8. The lowest BCUT2D eigenvalue weighted by Crippen LogP contribution is -2.43. The number of nitrogens with zero attached hydrogens (tertiary/aromatic N) is 3. The molecule has 0 bridgehead atoms. The highest BCUT2D eigenvalue weighted by Gasteiger charge is 2.26. The zero-order valence-electron chi connectivity index (χ0n) is 11.8. The first-order valence-electron chi connectivity index (χ1n) is 6.88. The van der Waals surface area contributed by atoms with E-state index in [1.807, 2.05) is 0 Å². The van der Waals surface area contributed by atoms with Crippen LogP contribution >= 0.6 is 0 Å². The van der Waals surface area contributed by atoms with E-state index >= 15 is 0 Å². The summed E-state index contributed by atoms with van der Waals surface area (Å²) in [5.74, 6) is -0.359. The van der Waals surface area contributed by atoms with E-state index in [0.717, 1.165) is 0 Å². The van der Waals surface area contributed by atoms with Gasteiger partial charge >= 0.3 is 0 Å². The molecule has 0 spiro atoms. The summed E-state index contributed by atoms with van der Waals surface area (Å²) in [6, 6.07) is 4.09. The van der Waals surface area contributed by atoms with E-state index in [-0.39, 0.29) is 17.4 Å². The summed E-state index contributed by atoms with van der Waals surface area (Å²) in [5.41, 5.74) is 6.60. The number of nitrogens with two attached hydrogens (primary N) is 1. The van der Waals surface area contributed by atoms with Gasteiger partial charge in [-0.1, -0.05) is 6.07 Å². The normalized spacial score (nSPS) is 17.1. The number of fused-ring (bicyclic) bond motifs is 1. The molecule has 1 saturated heterocycles. The first kappa shape index (κ1) is 13.8. The molecule has 1 unspecified atom stereocenters. The highest BCUT2D eigenvalue weighted by molar-refractivity contribution is 5.85. The SMILES string of the molecule is CC(C(=O)N1CCOCC1)n1c(N)nc2c(F)cccc21. The van der Waals surface area contributed by atoms with Crippen molar-refractivity contribution < 1.29 is 13.9 Å². The molecule has 1 aliphatic rings. The average Bonchev–Trinajstić information content (AvgIpc) is 2.84. The summed E-state index contributed by atoms with van der Waals surface area (Å²) in [7, 11) is 0. The molecule has 21 heavy (non-hydrogen) atoms. The topological polar surface area (TPSA) is 73.4 Å². The number of ether oxygens (including phenoxy) is 1. The summed E-state index contributed by atoms with van der Waals surface area (Å²) in [5, 5.41) is 0. The molecule has 112 valence electrons. The Morgan fingerprint density at radius 1 is 1.43 bits per heavy atom. The Hall–Kier alpha value is -2.15. The lowest BCUT2D eigenvalue weighted by molar-refractivity contribution is -0.138. The van der Waals surface area contributed by atoms with Gasteiger partial charge in [-0.25, -0.2) is 9.37 Å². The van der Waals surface area contributed by atoms with E-state index in [4.69, 9.17) is 10.5 Å². The highest BCUT2D eigenvalue weighted by atomic mass is 19.1. The predicted molar refractivity (Wildman–Crippen MR) is 76.2 cm³/mol. The van der Waals surface area contributed by atoms with Crippen molar-refractivity contribution >= 4 is 22.9 Å². The van der Waals surface area contributed by atoms with Crippen LogP contribution in [0.25, 0.3) is 11.0 Å². The van der Waals surface area contributed by atoms with Gasteiger partial charge < -0.3 is 15.4 Å². The third kappa shape index (κ3) is 2.33. The number of carbonyl (C=O) groups is 1. The number of halogens is 1. The molecule has 6 nitrogen and oxygen atoms in total. The number of morpholine rings is 1. The molecule has 1 atom stereocenters. The maximum Gasteiger partial charge on any atom is 0.245 e. The molecule has 0 aliphatic carbocycles. The van der Waals surface area contributed by atoms with Crippen molar-refractivity contribution in [1.82, 2.24) is 14.5 Å². The number of imidazole rings is 1. The van der Waals surface area contributed by atoms with Crippen LogP contribution in [0.5, 0.6) is 0 Å². The molecule has 1 aromatic carbocycles. The number of carbonyl (C=O) groups excluding carboxylic acids is 1. The van der Waals surface area contributed by atoms with Crippen LogP contribution in [-0.4, -0.2) is 46.7 Å². The molecular formula is C14H17FN4O2. The number of hydrogen-bond acceptors (Lipinski definition) is 4. The van der Waals surface area contributed by atoms with Gasteiger partial charge in [0.1, 0.15) is 11.6 Å². The molecule has 1 aliphatic heterocycles. The number of amides is 1. The molecule has 0 radical (unpaired) electrons. The number of benzene rings is 1. The van der Waals surface area contributed by atoms with Gasteiger partial charge in [0, 0.05) is 13.1 Å². The number of rotatable bonds is 2. The summed E-state index contributed by atoms with van der Waals surface area (Å²) in [4.78, 5) is 18.3. The van der Waals surface area contributed by atoms with Crippen molar-refractivity contribution in [2.45, 2.75) is 13.0 Å². The standard InChI is InChI=1S/C14H17FN4O2/c1-9(13(20)18-5-7-21-8-6-18)19-11-4-2-3-10(15)12(11)17-14(19)16/h2-4,9H,5-8H2,1H3,(H2,16,17). The van der Waals surface area contributed by atoms with Gasteiger partial charge in [0.05, 0.1) is 18.7 Å². The maximum absolute atomic E-state index is 13.8. The smallest absolute Gasteiger partial charge is 0.245 e. The molecule has 2 N–H and O–H groups in total. The summed E-state index contributed by atoms with van der Waals surface area (Å²) in [6.45, 7) is 3.94. The van der Waals surface area contributed by atoms with Crippen LogP contribution in [0.4, 0.5) is 10.3 Å². The van der Waals surface area contributed by atoms with Crippen LogP contribution in [0, 0.1) is 5.82 Å². The van der Waals surface area contributed by atoms with Gasteiger partial charge in [-0.2, -0.15) is 0 Å². The van der Waals surface area contributed by atoms with Crippen LogP contribution in [-0.2, 0) is 9.53 Å². The second-order valence-electron chi connectivity index (χ2n) is 5.06. The van der Waals surface area contributed by atoms with Crippen LogP contribution in [0.3, 0.4) is 0 Å². The fourth-order valence-electron chi connectivity index (χ4n) is 2.67. The lowest BCUT2D eigenvalue weighted by atomic mass is 10.2. The van der Waals surface area contributed by atoms with E-state index in [1.54, 1.807) is 28.5 Å². The molecule has 2 heterocycles. The number of aromatic nitrogens is 2. The summed E-state index contributed by atoms with van der Waals surface area (Å²) >= 11 is 0. The van der Waals surface area contributed by atoms with Crippen molar-refractivity contribution in [2.24, 2.45) is 0 Å². The van der Waals surface area contributed by atoms with Crippen molar-refractivity contribution in [1.29, 1.82) is 0 Å². The van der Waals surface area contributed by atoms with Crippen molar-refractivity contribution in [3.05, 3.63) is 24.0 Å². The van der Waals surface area contributed by atoms with Crippen molar-refractivity contribution in [2.75, 3.05) is 32.0 Å². The minimum absolute atomic E-state index is 0.0615. The molecule has 1 amide bonds. The van der Waals surface area contributed by atoms with Gasteiger partial charge in [-0.15, -0.1) is 0 Å².